The third-order valence-corrected chi connectivity index (χ3v) is 4.39. The molecule has 1 aromatic heterocycles. The van der Waals surface area contributed by atoms with Crippen LogP contribution in [0.5, 0.6) is 0 Å². The van der Waals surface area contributed by atoms with Crippen LogP contribution in [-0.4, -0.2) is 56.6 Å². The first-order valence-electron chi connectivity index (χ1n) is 6.42. The molecule has 0 aliphatic carbocycles. The largest absolute Gasteiger partial charge is 0.466 e. The maximum Gasteiger partial charge on any atom is 0.136 e. The lowest BCUT2D eigenvalue weighted by molar-refractivity contribution is 0.169. The summed E-state index contributed by atoms with van der Waals surface area (Å²) >= 11 is 3.56. The number of halogens is 1. The number of rotatable bonds is 3. The Labute approximate surface area is 117 Å². The van der Waals surface area contributed by atoms with Crippen LogP contribution >= 0.6 is 15.9 Å². The summed E-state index contributed by atoms with van der Waals surface area (Å²) in [6.07, 6.45) is 2.96. The van der Waals surface area contributed by atoms with Crippen LogP contribution in [0.3, 0.4) is 0 Å². The van der Waals surface area contributed by atoms with E-state index >= 15 is 0 Å². The molecule has 1 aliphatic rings. The van der Waals surface area contributed by atoms with Gasteiger partial charge in [0.1, 0.15) is 5.76 Å². The second-order valence-corrected chi connectivity index (χ2v) is 5.92. The predicted octanol–water partition coefficient (Wildman–Crippen LogP) is 1.94. The molecule has 4 nitrogen and oxygen atoms in total. The molecular weight excluding hydrogens is 294 g/mol. The summed E-state index contributed by atoms with van der Waals surface area (Å²) in [4.78, 5) is 4.83. The summed E-state index contributed by atoms with van der Waals surface area (Å²) in [6.45, 7) is 3.34. The molecule has 18 heavy (non-hydrogen) atoms. The molecule has 0 aromatic carbocycles. The van der Waals surface area contributed by atoms with Gasteiger partial charge in [-0.2, -0.15) is 0 Å². The highest BCUT2D eigenvalue weighted by atomic mass is 79.9. The van der Waals surface area contributed by atoms with E-state index in [1.165, 1.54) is 6.42 Å². The van der Waals surface area contributed by atoms with Crippen LogP contribution in [0.1, 0.15) is 18.2 Å². The van der Waals surface area contributed by atoms with Crippen molar-refractivity contribution in [1.29, 1.82) is 0 Å². The van der Waals surface area contributed by atoms with Crippen molar-refractivity contribution in [3.8, 4) is 0 Å². The SMILES string of the molecule is CNC(c1occc1Br)C1CN(C)CCCN1C. The third kappa shape index (κ3) is 2.96. The van der Waals surface area contributed by atoms with Crippen LogP contribution < -0.4 is 5.32 Å². The van der Waals surface area contributed by atoms with E-state index in [1.54, 1.807) is 6.26 Å². The van der Waals surface area contributed by atoms with Crippen molar-refractivity contribution in [2.24, 2.45) is 0 Å². The van der Waals surface area contributed by atoms with E-state index < -0.39 is 0 Å². The molecule has 2 atom stereocenters. The molecule has 0 bridgehead atoms. The Morgan fingerprint density at radius 1 is 1.44 bits per heavy atom. The van der Waals surface area contributed by atoms with Gasteiger partial charge >= 0.3 is 0 Å². The molecule has 1 aliphatic heterocycles. The van der Waals surface area contributed by atoms with E-state index in [2.05, 4.69) is 45.1 Å². The Bertz CT molecular complexity index is 382. The van der Waals surface area contributed by atoms with Gasteiger partial charge in [-0.05, 0) is 62.6 Å². The molecule has 5 heteroatoms. The zero-order valence-corrected chi connectivity index (χ0v) is 12.9. The molecule has 1 aromatic rings. The average Bonchev–Trinajstić information content (AvgIpc) is 2.67. The van der Waals surface area contributed by atoms with Gasteiger partial charge in [-0.1, -0.05) is 0 Å². The predicted molar refractivity (Wildman–Crippen MR) is 76.7 cm³/mol. The average molecular weight is 316 g/mol. The molecule has 0 amide bonds. The summed E-state index contributed by atoms with van der Waals surface area (Å²) in [5.74, 6) is 0.990. The van der Waals surface area contributed by atoms with Crippen LogP contribution in [0.2, 0.25) is 0 Å². The fourth-order valence-corrected chi connectivity index (χ4v) is 3.14. The number of nitrogens with zero attached hydrogens (tertiary/aromatic N) is 2. The van der Waals surface area contributed by atoms with Crippen molar-refractivity contribution < 1.29 is 4.42 Å². The van der Waals surface area contributed by atoms with E-state index in [9.17, 15) is 0 Å². The fraction of sp³-hybridized carbons (Fsp3) is 0.692. The first kappa shape index (κ1) is 14.1. The quantitative estimate of drug-likeness (QED) is 0.923. The van der Waals surface area contributed by atoms with Gasteiger partial charge in [-0.25, -0.2) is 0 Å². The minimum Gasteiger partial charge on any atom is -0.466 e. The first-order chi connectivity index (χ1) is 8.63. The van der Waals surface area contributed by atoms with Gasteiger partial charge in [0.25, 0.3) is 0 Å². The summed E-state index contributed by atoms with van der Waals surface area (Å²) in [5, 5.41) is 3.40. The normalized spacial score (nSPS) is 25.0. The van der Waals surface area contributed by atoms with Crippen molar-refractivity contribution in [2.45, 2.75) is 18.5 Å². The highest BCUT2D eigenvalue weighted by Crippen LogP contribution is 2.29. The maximum atomic E-state index is 5.64. The van der Waals surface area contributed by atoms with Crippen LogP contribution in [-0.2, 0) is 0 Å². The number of hydrogen-bond donors (Lipinski definition) is 1. The third-order valence-electron chi connectivity index (χ3n) is 3.74. The van der Waals surface area contributed by atoms with Crippen molar-refractivity contribution in [1.82, 2.24) is 15.1 Å². The second kappa shape index (κ2) is 6.19. The summed E-state index contributed by atoms with van der Waals surface area (Å²) in [5.41, 5.74) is 0. The Kier molecular flexibility index (Phi) is 4.84. The highest BCUT2D eigenvalue weighted by Gasteiger charge is 2.31. The number of nitrogens with one attached hydrogen (secondary N) is 1. The van der Waals surface area contributed by atoms with E-state index in [1.807, 2.05) is 13.1 Å². The van der Waals surface area contributed by atoms with Crippen LogP contribution in [0.25, 0.3) is 0 Å². The molecule has 0 saturated carbocycles. The molecule has 1 N–H and O–H groups in total. The monoisotopic (exact) mass is 315 g/mol. The second-order valence-electron chi connectivity index (χ2n) is 5.06. The zero-order valence-electron chi connectivity index (χ0n) is 11.3. The van der Waals surface area contributed by atoms with Crippen LogP contribution in [0, 0.1) is 0 Å². The Hall–Kier alpha value is -0.360. The molecule has 0 spiro atoms. The molecule has 2 rings (SSSR count). The molecule has 2 heterocycles. The number of likely N-dealkylation sites (N-methyl/N-ethyl adjacent to an activating group) is 3. The van der Waals surface area contributed by atoms with Crippen LogP contribution in [0.15, 0.2) is 21.2 Å². The van der Waals surface area contributed by atoms with Gasteiger partial charge in [0.15, 0.2) is 0 Å². The lowest BCUT2D eigenvalue weighted by atomic mass is 10.0. The smallest absolute Gasteiger partial charge is 0.136 e. The molecule has 1 fully saturated rings. The standard InChI is InChI=1S/C13H22BrN3O/c1-15-12(13-10(14)5-8-18-13)11-9-16(2)6-4-7-17(11)3/h5,8,11-12,15H,4,6-7,9H2,1-3H3. The van der Waals surface area contributed by atoms with Gasteiger partial charge in [-0.3, -0.25) is 0 Å². The van der Waals surface area contributed by atoms with Crippen molar-refractivity contribution in [2.75, 3.05) is 40.8 Å². The molecule has 2 unspecified atom stereocenters. The van der Waals surface area contributed by atoms with Gasteiger partial charge in [-0.15, -0.1) is 0 Å². The Morgan fingerprint density at radius 3 is 2.83 bits per heavy atom. The maximum absolute atomic E-state index is 5.64. The zero-order chi connectivity index (χ0) is 13.1. The van der Waals surface area contributed by atoms with Crippen molar-refractivity contribution >= 4 is 15.9 Å². The Morgan fingerprint density at radius 2 is 2.22 bits per heavy atom. The van der Waals surface area contributed by atoms with Crippen molar-refractivity contribution in [3.05, 3.63) is 22.6 Å². The topological polar surface area (TPSA) is 31.7 Å². The van der Waals surface area contributed by atoms with E-state index in [-0.39, 0.29) is 6.04 Å². The number of furan rings is 1. The lowest BCUT2D eigenvalue weighted by Gasteiger charge is -2.33. The highest BCUT2D eigenvalue weighted by molar-refractivity contribution is 9.10. The van der Waals surface area contributed by atoms with Crippen LogP contribution in [0.4, 0.5) is 0 Å². The van der Waals surface area contributed by atoms with E-state index in [4.69, 9.17) is 4.42 Å². The minimum atomic E-state index is 0.208. The first-order valence-corrected chi connectivity index (χ1v) is 7.21. The van der Waals surface area contributed by atoms with Gasteiger partial charge in [0.05, 0.1) is 16.8 Å². The van der Waals surface area contributed by atoms with Crippen molar-refractivity contribution in [3.63, 3.8) is 0 Å². The minimum absolute atomic E-state index is 0.208. The molecule has 1 saturated heterocycles. The lowest BCUT2D eigenvalue weighted by Crippen LogP contribution is -2.46. The molecular formula is C13H22BrN3O. The summed E-state index contributed by atoms with van der Waals surface area (Å²) in [7, 11) is 6.39. The molecule has 0 radical (unpaired) electrons. The summed E-state index contributed by atoms with van der Waals surface area (Å²) < 4.78 is 6.68. The van der Waals surface area contributed by atoms with Gasteiger partial charge in [0.2, 0.25) is 0 Å². The van der Waals surface area contributed by atoms with Gasteiger partial charge < -0.3 is 19.5 Å². The fourth-order valence-electron chi connectivity index (χ4n) is 2.69. The van der Waals surface area contributed by atoms with E-state index in [0.717, 1.165) is 29.9 Å². The van der Waals surface area contributed by atoms with Gasteiger partial charge in [0, 0.05) is 12.6 Å². The van der Waals surface area contributed by atoms with E-state index in [0.29, 0.717) is 6.04 Å². The number of hydrogen-bond acceptors (Lipinski definition) is 4. The Balaban J connectivity index is 2.22. The molecule has 102 valence electrons. The summed E-state index contributed by atoms with van der Waals surface area (Å²) in [6, 6.07) is 2.59.